The van der Waals surface area contributed by atoms with E-state index >= 15 is 0 Å². The Morgan fingerprint density at radius 1 is 1.26 bits per heavy atom. The van der Waals surface area contributed by atoms with Crippen LogP contribution in [-0.2, 0) is 4.74 Å². The third kappa shape index (κ3) is 4.32. The molecule has 1 amide bonds. The number of hydrogen-bond acceptors (Lipinski definition) is 6. The van der Waals surface area contributed by atoms with Gasteiger partial charge in [0.05, 0.1) is 6.10 Å². The van der Waals surface area contributed by atoms with Crippen LogP contribution in [0, 0.1) is 0 Å². The van der Waals surface area contributed by atoms with Gasteiger partial charge in [0.2, 0.25) is 0 Å². The number of anilines is 1. The van der Waals surface area contributed by atoms with Gasteiger partial charge in [-0.3, -0.25) is 9.78 Å². The quantitative estimate of drug-likeness (QED) is 0.719. The molecular formula is C20H19N3O4. The van der Waals surface area contributed by atoms with E-state index in [0.717, 1.165) is 25.0 Å². The van der Waals surface area contributed by atoms with Gasteiger partial charge in [-0.15, -0.1) is 0 Å². The number of aromatic nitrogens is 2. The van der Waals surface area contributed by atoms with Gasteiger partial charge in [0, 0.05) is 42.4 Å². The Morgan fingerprint density at radius 2 is 2.22 bits per heavy atom. The molecule has 7 nitrogen and oxygen atoms in total. The molecule has 0 saturated carbocycles. The number of pyridine rings is 1. The van der Waals surface area contributed by atoms with Crippen LogP contribution < -0.4 is 10.1 Å². The lowest BCUT2D eigenvalue weighted by atomic mass is 10.2. The zero-order valence-electron chi connectivity index (χ0n) is 14.6. The number of carbonyl (C=O) groups is 1. The average Bonchev–Trinajstić information content (AvgIpc) is 3.39. The lowest BCUT2D eigenvalue weighted by Gasteiger charge is -2.12. The van der Waals surface area contributed by atoms with Crippen LogP contribution >= 0.6 is 0 Å². The van der Waals surface area contributed by atoms with Crippen LogP contribution in [-0.4, -0.2) is 35.4 Å². The van der Waals surface area contributed by atoms with E-state index < -0.39 is 0 Å². The molecule has 1 aliphatic heterocycles. The van der Waals surface area contributed by atoms with E-state index in [-0.39, 0.29) is 17.7 Å². The largest absolute Gasteiger partial charge is 0.491 e. The summed E-state index contributed by atoms with van der Waals surface area (Å²) in [6, 6.07) is 12.5. The van der Waals surface area contributed by atoms with Gasteiger partial charge in [-0.1, -0.05) is 11.2 Å². The van der Waals surface area contributed by atoms with Gasteiger partial charge in [0.25, 0.3) is 5.91 Å². The maximum absolute atomic E-state index is 12.4. The highest BCUT2D eigenvalue weighted by atomic mass is 16.5. The molecular weight excluding hydrogens is 346 g/mol. The minimum absolute atomic E-state index is 0.143. The molecule has 1 atom stereocenters. The highest BCUT2D eigenvalue weighted by molar-refractivity contribution is 6.03. The summed E-state index contributed by atoms with van der Waals surface area (Å²) in [6.45, 7) is 1.30. The van der Waals surface area contributed by atoms with Crippen LogP contribution in [0.4, 0.5) is 5.69 Å². The van der Waals surface area contributed by atoms with E-state index in [4.69, 9.17) is 14.0 Å². The van der Waals surface area contributed by atoms with Crippen LogP contribution in [0.5, 0.6) is 5.75 Å². The molecule has 2 aromatic heterocycles. The molecule has 1 aliphatic rings. The number of carbonyl (C=O) groups excluding carboxylic acids is 1. The number of ether oxygens (including phenoxy) is 2. The van der Waals surface area contributed by atoms with Crippen molar-refractivity contribution in [2.45, 2.75) is 18.9 Å². The van der Waals surface area contributed by atoms with Crippen LogP contribution in [0.25, 0.3) is 11.3 Å². The summed E-state index contributed by atoms with van der Waals surface area (Å²) < 4.78 is 16.6. The van der Waals surface area contributed by atoms with Crippen molar-refractivity contribution in [3.63, 3.8) is 0 Å². The predicted octanol–water partition coefficient (Wildman–Crippen LogP) is 3.55. The number of nitrogens with zero attached hydrogens (tertiary/aromatic N) is 2. The Bertz CT molecular complexity index is 904. The van der Waals surface area contributed by atoms with Crippen molar-refractivity contribution in [3.8, 4) is 17.1 Å². The van der Waals surface area contributed by atoms with Crippen molar-refractivity contribution in [1.29, 1.82) is 0 Å². The first-order valence-corrected chi connectivity index (χ1v) is 8.81. The molecule has 4 rings (SSSR count). The monoisotopic (exact) mass is 365 g/mol. The second-order valence-corrected chi connectivity index (χ2v) is 6.25. The Balaban J connectivity index is 1.39. The molecule has 0 aliphatic carbocycles. The summed E-state index contributed by atoms with van der Waals surface area (Å²) in [5.74, 6) is 0.812. The van der Waals surface area contributed by atoms with E-state index in [9.17, 15) is 4.79 Å². The number of amides is 1. The van der Waals surface area contributed by atoms with Crippen LogP contribution in [0.3, 0.4) is 0 Å². The van der Waals surface area contributed by atoms with Crippen molar-refractivity contribution < 1.29 is 18.8 Å². The van der Waals surface area contributed by atoms with Crippen molar-refractivity contribution in [2.24, 2.45) is 0 Å². The molecule has 27 heavy (non-hydrogen) atoms. The first-order valence-electron chi connectivity index (χ1n) is 8.81. The van der Waals surface area contributed by atoms with Crippen molar-refractivity contribution in [2.75, 3.05) is 18.5 Å². The third-order valence-electron chi connectivity index (χ3n) is 4.24. The van der Waals surface area contributed by atoms with Crippen molar-refractivity contribution in [3.05, 3.63) is 60.6 Å². The average molecular weight is 365 g/mol. The summed E-state index contributed by atoms with van der Waals surface area (Å²) in [7, 11) is 0. The Morgan fingerprint density at radius 3 is 3.04 bits per heavy atom. The number of nitrogens with one attached hydrogen (secondary N) is 1. The Hall–Kier alpha value is -3.19. The molecule has 3 heterocycles. The first kappa shape index (κ1) is 17.2. The highest BCUT2D eigenvalue weighted by Gasteiger charge is 2.17. The van der Waals surface area contributed by atoms with Crippen molar-refractivity contribution in [1.82, 2.24) is 10.1 Å². The maximum atomic E-state index is 12.4. The molecule has 138 valence electrons. The van der Waals surface area contributed by atoms with Gasteiger partial charge in [0.15, 0.2) is 11.5 Å². The van der Waals surface area contributed by atoms with Crippen LogP contribution in [0.2, 0.25) is 0 Å². The minimum Gasteiger partial charge on any atom is -0.491 e. The number of hydrogen-bond donors (Lipinski definition) is 1. The summed E-state index contributed by atoms with van der Waals surface area (Å²) in [5, 5.41) is 6.64. The Kier molecular flexibility index (Phi) is 5.11. The molecule has 7 heteroatoms. The SMILES string of the molecule is O=C(Nc1cccc(OC[C@H]2CCCO2)c1)c1cc(-c2cccnc2)on1. The fourth-order valence-corrected chi connectivity index (χ4v) is 2.85. The second kappa shape index (κ2) is 8.01. The van der Waals surface area contributed by atoms with Crippen LogP contribution in [0.15, 0.2) is 59.4 Å². The molecule has 0 radical (unpaired) electrons. The predicted molar refractivity (Wildman–Crippen MR) is 98.6 cm³/mol. The minimum atomic E-state index is -0.356. The topological polar surface area (TPSA) is 86.5 Å². The lowest BCUT2D eigenvalue weighted by molar-refractivity contribution is 0.0680. The molecule has 0 bridgehead atoms. The molecule has 1 saturated heterocycles. The van der Waals surface area contributed by atoms with E-state index in [1.807, 2.05) is 18.2 Å². The number of rotatable bonds is 6. The fraction of sp³-hybridized carbons (Fsp3) is 0.250. The molecule has 1 fully saturated rings. The summed E-state index contributed by atoms with van der Waals surface area (Å²) in [5.41, 5.74) is 1.57. The zero-order chi connectivity index (χ0) is 18.5. The van der Waals surface area contributed by atoms with Gasteiger partial charge < -0.3 is 19.3 Å². The van der Waals surface area contributed by atoms with Gasteiger partial charge in [-0.05, 0) is 37.1 Å². The van der Waals surface area contributed by atoms with Gasteiger partial charge in [-0.2, -0.15) is 0 Å². The summed E-state index contributed by atoms with van der Waals surface area (Å²) >= 11 is 0. The maximum Gasteiger partial charge on any atom is 0.277 e. The molecule has 0 spiro atoms. The fourth-order valence-electron chi connectivity index (χ4n) is 2.85. The molecule has 1 aromatic carbocycles. The molecule has 3 aromatic rings. The zero-order valence-corrected chi connectivity index (χ0v) is 14.6. The van der Waals surface area contributed by atoms with E-state index in [2.05, 4.69) is 15.5 Å². The highest BCUT2D eigenvalue weighted by Crippen LogP contribution is 2.22. The van der Waals surface area contributed by atoms with Gasteiger partial charge in [0.1, 0.15) is 12.4 Å². The van der Waals surface area contributed by atoms with E-state index in [1.165, 1.54) is 0 Å². The standard InChI is InChI=1S/C20H19N3O4/c24-20(18-11-19(27-23-18)14-4-2-8-21-12-14)22-15-5-1-6-16(10-15)26-13-17-7-3-9-25-17/h1-2,4-6,8,10-12,17H,3,7,9,13H2,(H,22,24)/t17-/m1/s1. The Labute approximate surface area is 156 Å². The van der Waals surface area contributed by atoms with Gasteiger partial charge >= 0.3 is 0 Å². The smallest absolute Gasteiger partial charge is 0.277 e. The second-order valence-electron chi connectivity index (χ2n) is 6.25. The molecule has 1 N–H and O–H groups in total. The molecule has 0 unspecified atom stereocenters. The summed E-state index contributed by atoms with van der Waals surface area (Å²) in [4.78, 5) is 16.5. The van der Waals surface area contributed by atoms with Crippen LogP contribution in [0.1, 0.15) is 23.3 Å². The van der Waals surface area contributed by atoms with E-state index in [1.54, 1.807) is 36.7 Å². The lowest BCUT2D eigenvalue weighted by Crippen LogP contribution is -2.16. The number of benzene rings is 1. The third-order valence-corrected chi connectivity index (χ3v) is 4.24. The van der Waals surface area contributed by atoms with E-state index in [0.29, 0.717) is 23.8 Å². The van der Waals surface area contributed by atoms with Gasteiger partial charge in [-0.25, -0.2) is 0 Å². The normalized spacial score (nSPS) is 16.2. The summed E-state index contributed by atoms with van der Waals surface area (Å²) in [6.07, 6.45) is 5.55. The first-order chi connectivity index (χ1) is 13.3. The van der Waals surface area contributed by atoms with Crippen molar-refractivity contribution >= 4 is 11.6 Å².